The molecular formula is C52H89NO5. The van der Waals surface area contributed by atoms with Gasteiger partial charge in [-0.05, 0) is 64.2 Å². The molecule has 0 rings (SSSR count). The van der Waals surface area contributed by atoms with Gasteiger partial charge in [-0.25, -0.2) is 0 Å². The van der Waals surface area contributed by atoms with Gasteiger partial charge in [-0.1, -0.05) is 215 Å². The number of nitrogens with one attached hydrogen (secondary N) is 1. The number of ether oxygens (including phenoxy) is 1. The number of esters is 1. The lowest BCUT2D eigenvalue weighted by atomic mass is 10.0. The van der Waals surface area contributed by atoms with Crippen molar-refractivity contribution in [1.82, 2.24) is 5.32 Å². The van der Waals surface area contributed by atoms with Crippen LogP contribution in [0.4, 0.5) is 0 Å². The zero-order valence-corrected chi connectivity index (χ0v) is 37.6. The summed E-state index contributed by atoms with van der Waals surface area (Å²) in [5, 5.41) is 23.7. The van der Waals surface area contributed by atoms with Crippen molar-refractivity contribution in [2.24, 2.45) is 0 Å². The lowest BCUT2D eigenvalue weighted by Crippen LogP contribution is -2.46. The third kappa shape index (κ3) is 39.8. The molecule has 0 bridgehead atoms. The maximum Gasteiger partial charge on any atom is 0.306 e. The molecule has 6 heteroatoms. The minimum atomic E-state index is -0.810. The van der Waals surface area contributed by atoms with E-state index < -0.39 is 18.2 Å². The van der Waals surface area contributed by atoms with Crippen LogP contribution in [0.25, 0.3) is 0 Å². The van der Waals surface area contributed by atoms with Gasteiger partial charge >= 0.3 is 5.97 Å². The SMILES string of the molecule is CC/C=C/C=C/C=C\C=C/C=C/CCCC(CC(=O)NC(CO)C(O)CCCCCCCCCCCCCC)OC(=O)CCCCCCCCC/C=C/C/C=C/CC. The summed E-state index contributed by atoms with van der Waals surface area (Å²) in [6.07, 6.45) is 57.9. The minimum absolute atomic E-state index is 0.0214. The number of allylic oxidation sites excluding steroid dienone is 14. The number of aliphatic hydroxyl groups excluding tert-OH is 2. The van der Waals surface area contributed by atoms with Crippen LogP contribution in [0.1, 0.15) is 207 Å². The Morgan fingerprint density at radius 3 is 1.62 bits per heavy atom. The molecule has 0 saturated carbocycles. The first kappa shape index (κ1) is 55.0. The number of rotatable bonds is 41. The van der Waals surface area contributed by atoms with E-state index in [1.807, 2.05) is 48.6 Å². The second kappa shape index (κ2) is 45.1. The van der Waals surface area contributed by atoms with Crippen molar-refractivity contribution in [3.05, 3.63) is 85.1 Å². The highest BCUT2D eigenvalue weighted by Gasteiger charge is 2.24. The van der Waals surface area contributed by atoms with Crippen LogP contribution in [-0.4, -0.2) is 46.9 Å². The van der Waals surface area contributed by atoms with Crippen LogP contribution in [0.3, 0.4) is 0 Å². The molecule has 3 N–H and O–H groups in total. The third-order valence-electron chi connectivity index (χ3n) is 10.3. The summed E-state index contributed by atoms with van der Waals surface area (Å²) < 4.78 is 5.87. The van der Waals surface area contributed by atoms with Gasteiger partial charge in [-0.15, -0.1) is 0 Å². The maximum absolute atomic E-state index is 13.1. The van der Waals surface area contributed by atoms with E-state index in [9.17, 15) is 19.8 Å². The number of hydrogen-bond donors (Lipinski definition) is 3. The number of unbranched alkanes of at least 4 members (excludes halogenated alkanes) is 19. The molecule has 3 unspecified atom stereocenters. The number of amides is 1. The number of carbonyl (C=O) groups excluding carboxylic acids is 2. The Morgan fingerprint density at radius 1 is 0.534 bits per heavy atom. The van der Waals surface area contributed by atoms with Crippen LogP contribution < -0.4 is 5.32 Å². The first-order valence-electron chi connectivity index (χ1n) is 23.9. The zero-order valence-electron chi connectivity index (χ0n) is 37.6. The second-order valence-electron chi connectivity index (χ2n) is 15.9. The summed E-state index contributed by atoms with van der Waals surface area (Å²) in [5.74, 6) is -0.563. The predicted octanol–water partition coefficient (Wildman–Crippen LogP) is 14.0. The Balaban J connectivity index is 4.72. The van der Waals surface area contributed by atoms with Gasteiger partial charge in [-0.2, -0.15) is 0 Å². The molecule has 58 heavy (non-hydrogen) atoms. The van der Waals surface area contributed by atoms with E-state index in [1.165, 1.54) is 83.5 Å². The Morgan fingerprint density at radius 2 is 1.03 bits per heavy atom. The fourth-order valence-electron chi connectivity index (χ4n) is 6.79. The van der Waals surface area contributed by atoms with Gasteiger partial charge in [0.15, 0.2) is 0 Å². The number of hydrogen-bond acceptors (Lipinski definition) is 5. The molecule has 0 spiro atoms. The first-order chi connectivity index (χ1) is 28.5. The van der Waals surface area contributed by atoms with Crippen LogP contribution >= 0.6 is 0 Å². The van der Waals surface area contributed by atoms with Crippen LogP contribution in [0.15, 0.2) is 85.1 Å². The van der Waals surface area contributed by atoms with Gasteiger partial charge < -0.3 is 20.3 Å². The van der Waals surface area contributed by atoms with E-state index >= 15 is 0 Å². The molecule has 0 aromatic carbocycles. The van der Waals surface area contributed by atoms with Gasteiger partial charge in [0.2, 0.25) is 5.91 Å². The van der Waals surface area contributed by atoms with Crippen molar-refractivity contribution in [3.63, 3.8) is 0 Å². The Kier molecular flexibility index (Phi) is 42.8. The second-order valence-corrected chi connectivity index (χ2v) is 15.9. The summed E-state index contributed by atoms with van der Waals surface area (Å²) in [5.41, 5.74) is 0. The molecule has 0 saturated heterocycles. The van der Waals surface area contributed by atoms with Gasteiger partial charge in [-0.3, -0.25) is 9.59 Å². The Hall–Kier alpha value is -2.96. The normalized spacial score (nSPS) is 14.1. The molecule has 0 fully saturated rings. The summed E-state index contributed by atoms with van der Waals surface area (Å²) in [6, 6.07) is -0.729. The molecule has 0 aromatic heterocycles. The smallest absolute Gasteiger partial charge is 0.306 e. The maximum atomic E-state index is 13.1. The summed E-state index contributed by atoms with van der Waals surface area (Å²) >= 11 is 0. The summed E-state index contributed by atoms with van der Waals surface area (Å²) in [7, 11) is 0. The lowest BCUT2D eigenvalue weighted by molar-refractivity contribution is -0.151. The molecule has 0 radical (unpaired) electrons. The van der Waals surface area contributed by atoms with Crippen LogP contribution in [0.2, 0.25) is 0 Å². The van der Waals surface area contributed by atoms with Gasteiger partial charge in [0.05, 0.1) is 25.2 Å². The van der Waals surface area contributed by atoms with E-state index in [2.05, 4.69) is 62.5 Å². The van der Waals surface area contributed by atoms with Crippen molar-refractivity contribution in [2.45, 2.75) is 225 Å². The van der Waals surface area contributed by atoms with Crippen LogP contribution in [0.5, 0.6) is 0 Å². The molecule has 0 aliphatic rings. The molecule has 3 atom stereocenters. The fourth-order valence-corrected chi connectivity index (χ4v) is 6.79. The molecular weight excluding hydrogens is 719 g/mol. The highest BCUT2D eigenvalue weighted by atomic mass is 16.5. The lowest BCUT2D eigenvalue weighted by Gasteiger charge is -2.24. The van der Waals surface area contributed by atoms with Crippen LogP contribution in [0, 0.1) is 0 Å². The third-order valence-corrected chi connectivity index (χ3v) is 10.3. The molecule has 0 aliphatic heterocycles. The van der Waals surface area contributed by atoms with E-state index in [1.54, 1.807) is 0 Å². The minimum Gasteiger partial charge on any atom is -0.462 e. The highest BCUT2D eigenvalue weighted by molar-refractivity contribution is 5.77. The van der Waals surface area contributed by atoms with Gasteiger partial charge in [0, 0.05) is 6.42 Å². The molecule has 332 valence electrons. The summed E-state index contributed by atoms with van der Waals surface area (Å²) in [4.78, 5) is 26.0. The van der Waals surface area contributed by atoms with E-state index in [-0.39, 0.29) is 24.9 Å². The predicted molar refractivity (Wildman–Crippen MR) is 250 cm³/mol. The number of carbonyl (C=O) groups is 2. The van der Waals surface area contributed by atoms with Crippen molar-refractivity contribution in [3.8, 4) is 0 Å². The summed E-state index contributed by atoms with van der Waals surface area (Å²) in [6.45, 7) is 6.19. The first-order valence-corrected chi connectivity index (χ1v) is 23.9. The van der Waals surface area contributed by atoms with Crippen molar-refractivity contribution < 1.29 is 24.5 Å². The van der Waals surface area contributed by atoms with Gasteiger partial charge in [0.1, 0.15) is 6.10 Å². The van der Waals surface area contributed by atoms with E-state index in [0.29, 0.717) is 19.3 Å². The Labute approximate surface area is 357 Å². The Bertz CT molecular complexity index is 1130. The zero-order chi connectivity index (χ0) is 42.4. The molecule has 6 nitrogen and oxygen atoms in total. The van der Waals surface area contributed by atoms with E-state index in [4.69, 9.17) is 4.74 Å². The van der Waals surface area contributed by atoms with Crippen LogP contribution in [-0.2, 0) is 14.3 Å². The largest absolute Gasteiger partial charge is 0.462 e. The average molecular weight is 808 g/mol. The standard InChI is InChI=1S/C52H89NO5/c1-4-7-10-13-16-19-22-25-27-30-33-36-39-42-45-52(57)58-48(43-40-37-34-31-28-26-23-20-17-14-11-8-5-2)46-51(56)53-49(47-54)50(55)44-41-38-35-32-29-24-21-18-15-12-9-6-3/h7-8,10-11,14,16-17,19-20,23,26,28,31,34,48-50,54-55H,4-6,9,12-13,15,18,21-22,24-25,27,29-30,32-33,35-47H2,1-3H3,(H,53,56)/b10-7+,11-8+,17-14+,19-16+,23-20-,28-26-,34-31+. The fraction of sp³-hybridized carbons (Fsp3) is 0.692. The topological polar surface area (TPSA) is 95.9 Å². The average Bonchev–Trinajstić information content (AvgIpc) is 3.22. The van der Waals surface area contributed by atoms with Crippen molar-refractivity contribution >= 4 is 11.9 Å². The molecule has 0 aliphatic carbocycles. The molecule has 0 aromatic rings. The van der Waals surface area contributed by atoms with Crippen molar-refractivity contribution in [2.75, 3.05) is 6.61 Å². The molecule has 1 amide bonds. The highest BCUT2D eigenvalue weighted by Crippen LogP contribution is 2.16. The molecule has 0 heterocycles. The monoisotopic (exact) mass is 808 g/mol. The quantitative estimate of drug-likeness (QED) is 0.0247. The van der Waals surface area contributed by atoms with E-state index in [0.717, 1.165) is 77.0 Å². The van der Waals surface area contributed by atoms with Crippen molar-refractivity contribution in [1.29, 1.82) is 0 Å². The number of aliphatic hydroxyl groups is 2. The van der Waals surface area contributed by atoms with Gasteiger partial charge in [0.25, 0.3) is 0 Å².